The summed E-state index contributed by atoms with van der Waals surface area (Å²) in [6.07, 6.45) is 14.4. The molecule has 0 unspecified atom stereocenters. The number of pyridine rings is 2. The molecular weight excluding hydrogens is 1680 g/mol. The van der Waals surface area contributed by atoms with Gasteiger partial charge in [0.25, 0.3) is 11.7 Å². The number of fused-ring (bicyclic) bond motifs is 6. The number of nitrogens with zero attached hydrogens (tertiary/aromatic N) is 7. The average Bonchev–Trinajstić information content (AvgIpc) is 1.59. The van der Waals surface area contributed by atoms with Gasteiger partial charge in [0.1, 0.15) is 30.5 Å². The predicted molar refractivity (Wildman–Crippen MR) is 496 cm³/mol. The van der Waals surface area contributed by atoms with E-state index in [1.807, 2.05) is 100 Å². The van der Waals surface area contributed by atoms with Crippen LogP contribution in [0.3, 0.4) is 0 Å². The summed E-state index contributed by atoms with van der Waals surface area (Å²) in [5.74, 6) is -8.16. The van der Waals surface area contributed by atoms with E-state index < -0.39 is 96.1 Å². The van der Waals surface area contributed by atoms with Gasteiger partial charge in [-0.25, -0.2) is 9.59 Å². The molecule has 1 saturated carbocycles. The number of aliphatic hydroxyl groups is 3. The van der Waals surface area contributed by atoms with Crippen molar-refractivity contribution in [3.05, 3.63) is 130 Å². The van der Waals surface area contributed by atoms with Gasteiger partial charge < -0.3 is 96.3 Å². The number of cyclic esters (lactones) is 1. The number of imidazole rings is 1. The lowest BCUT2D eigenvalue weighted by atomic mass is 9.78. The van der Waals surface area contributed by atoms with Crippen molar-refractivity contribution in [2.75, 3.05) is 165 Å². The third-order valence-electron chi connectivity index (χ3n) is 26.2. The van der Waals surface area contributed by atoms with Crippen LogP contribution >= 0.6 is 0 Å². The first-order chi connectivity index (χ1) is 63.1. The van der Waals surface area contributed by atoms with E-state index >= 15 is 0 Å². The Morgan fingerprint density at radius 1 is 0.626 bits per heavy atom. The number of aryl methyl sites for hydroxylation is 3. The fourth-order valence-electron chi connectivity index (χ4n) is 18.3. The second-order valence-corrected chi connectivity index (χ2v) is 35.9. The molecule has 5 aliphatic rings. The smallest absolute Gasteiger partial charge is 0.333 e. The zero-order valence-corrected chi connectivity index (χ0v) is 79.4. The number of piperazine rings is 1. The van der Waals surface area contributed by atoms with Crippen LogP contribution in [0.5, 0.6) is 0 Å². The van der Waals surface area contributed by atoms with Crippen LogP contribution < -0.4 is 10.6 Å². The third-order valence-corrected chi connectivity index (χ3v) is 26.2. The van der Waals surface area contributed by atoms with Crippen molar-refractivity contribution in [3.63, 3.8) is 0 Å². The number of methoxy groups -OCH3 is 3. The minimum absolute atomic E-state index is 0.00542. The van der Waals surface area contributed by atoms with Gasteiger partial charge >= 0.3 is 17.6 Å². The number of esters is 2. The SMILES string of the molecule is CO[C@H]1C[C@@H]2CC[C@@H](C)[C@@](O)(O2)C(=O)C(=O)N2CCCC[C@H]2C(=O)O[C@H]([C@H](C)C[C@@H]2CC[C@@H](OC(=O)CCCOCCOCCOCCOCCOCCOCCOCCOCCC(=O)N3CCN(c4ccc(-n5c(=O)n(C)c6cnc7ccc(-c8ccc(C)nc8)cc7c65)cc4C)CC3)[C@H](OC)C2)C[C@@H](O)[C@H](C)/C=C(\C)[C@@H](O)[C@@H](OC)C(=O)[C@H](C)C[C@H](C)/C=C/C=C/C=C/1C. The molecule has 3 aromatic heterocycles. The lowest BCUT2D eigenvalue weighted by Gasteiger charge is -2.43. The fourth-order valence-corrected chi connectivity index (χ4v) is 18.3. The number of hydrogen-bond donors (Lipinski definition) is 3. The summed E-state index contributed by atoms with van der Waals surface area (Å²) < 4.78 is 84.9. The normalized spacial score (nSPS) is 27.3. The van der Waals surface area contributed by atoms with Gasteiger partial charge in [-0.2, -0.15) is 0 Å². The molecule has 724 valence electrons. The highest BCUT2D eigenvalue weighted by atomic mass is 16.6. The molecule has 5 aromatic rings. The molecule has 10 rings (SSSR count). The van der Waals surface area contributed by atoms with Gasteiger partial charge in [0.05, 0.1) is 158 Å². The summed E-state index contributed by atoms with van der Waals surface area (Å²) in [5.41, 5.74) is 9.25. The van der Waals surface area contributed by atoms with E-state index in [0.717, 1.165) is 61.3 Å². The highest BCUT2D eigenvalue weighted by Gasteiger charge is 2.53. The standard InChI is InChI=1S/C100H145N7O24/c1-66-20-15-14-16-21-67(2)87(118-11)62-79-30-24-73(8)100(117,131-79)96(113)97(114)106-35-18-17-22-83(106)98(115)130-88(63-85(108)69(4)57-72(7)94(112)95(120-13)93(111)71(6)56-66)70(5)58-75-26-33-86(89(60-75)119-12)129-91(110)23-19-40-121-42-44-123-46-48-125-50-52-127-54-55-128-53-51-126-49-47-124-45-43-122-41-34-90(109)105-38-36-104(37-39-105)82-32-29-78(59-68(82)3)107-92-80-61-76(77-27-25-74(9)101-64-77)28-31-81(80)102-65-84(92)103(10)99(107)116/h14-16,20-21,25,27-29,31-32,57,59,61,64-66,69-71,73,75,79,83,85-89,94-95,108,112,117H,17-19,22-24,26,30,33-56,58,60,62-63H2,1-13H3/b16-14+,20-15+,67-21+,72-57+/t66-,69-,70-,71-,73-,75+,79+,83+,85-,86-,87+,88+,89-,94-,95+,100-/m1/s1. The number of ketones is 2. The Morgan fingerprint density at radius 2 is 1.27 bits per heavy atom. The van der Waals surface area contributed by atoms with E-state index in [0.29, 0.717) is 208 Å². The monoisotopic (exact) mass is 1830 g/mol. The van der Waals surface area contributed by atoms with Gasteiger partial charge in [-0.1, -0.05) is 83.2 Å². The number of ether oxygens (including phenoxy) is 14. The molecule has 1 aliphatic carbocycles. The number of amides is 2. The Balaban J connectivity index is 0.549. The van der Waals surface area contributed by atoms with Crippen LogP contribution in [0, 0.1) is 49.4 Å². The van der Waals surface area contributed by atoms with Crippen LogP contribution in [0.1, 0.15) is 156 Å². The van der Waals surface area contributed by atoms with E-state index in [1.165, 1.54) is 12.0 Å². The Kier molecular flexibility index (Phi) is 42.4. The molecule has 0 radical (unpaired) electrons. The first-order valence-electron chi connectivity index (χ1n) is 47.2. The minimum Gasteiger partial charge on any atom is -0.460 e. The molecule has 2 bridgehead atoms. The van der Waals surface area contributed by atoms with Crippen molar-refractivity contribution in [2.24, 2.45) is 42.6 Å². The number of carbonyl (C=O) groups excluding carboxylic acids is 6. The lowest BCUT2D eigenvalue weighted by molar-refractivity contribution is -0.265. The van der Waals surface area contributed by atoms with Gasteiger partial charge in [0.15, 0.2) is 5.78 Å². The number of rotatable bonds is 38. The molecule has 31 nitrogen and oxygen atoms in total. The van der Waals surface area contributed by atoms with Gasteiger partial charge in [0.2, 0.25) is 11.7 Å². The maximum Gasteiger partial charge on any atom is 0.333 e. The van der Waals surface area contributed by atoms with E-state index in [4.69, 9.17) is 71.3 Å². The van der Waals surface area contributed by atoms with Gasteiger partial charge in [-0.3, -0.25) is 43.1 Å². The van der Waals surface area contributed by atoms with Gasteiger partial charge in [-0.05, 0) is 175 Å². The molecule has 2 amide bonds. The zero-order valence-electron chi connectivity index (χ0n) is 79.4. The fraction of sp³-hybridized carbons (Fsp3) is 0.650. The molecule has 0 spiro atoms. The van der Waals surface area contributed by atoms with Crippen molar-refractivity contribution in [3.8, 4) is 16.8 Å². The molecule has 131 heavy (non-hydrogen) atoms. The second kappa shape index (κ2) is 53.1. The van der Waals surface area contributed by atoms with Gasteiger partial charge in [-0.15, -0.1) is 0 Å². The molecule has 16 atom stereocenters. The van der Waals surface area contributed by atoms with Crippen molar-refractivity contribution in [2.45, 2.75) is 219 Å². The second-order valence-electron chi connectivity index (χ2n) is 35.9. The van der Waals surface area contributed by atoms with Crippen molar-refractivity contribution in [1.29, 1.82) is 0 Å². The van der Waals surface area contributed by atoms with Crippen LogP contribution in [0.15, 0.2) is 113 Å². The Bertz CT molecular complexity index is 4660. The number of piperidine rings is 1. The number of aromatic nitrogens is 4. The predicted octanol–water partition coefficient (Wildman–Crippen LogP) is 11.0. The number of benzene rings is 2. The molecule has 4 fully saturated rings. The Labute approximate surface area is 772 Å². The lowest BCUT2D eigenvalue weighted by Crippen LogP contribution is -2.61. The maximum absolute atomic E-state index is 14.8. The summed E-state index contributed by atoms with van der Waals surface area (Å²) in [4.78, 5) is 113. The van der Waals surface area contributed by atoms with Crippen LogP contribution in [-0.4, -0.2) is 300 Å². The van der Waals surface area contributed by atoms with Gasteiger partial charge in [0, 0.05) is 133 Å². The number of anilines is 1. The molecule has 4 aliphatic heterocycles. The Hall–Kier alpha value is -8.35. The van der Waals surface area contributed by atoms with Crippen molar-refractivity contribution < 1.29 is 110 Å². The average molecular weight is 1830 g/mol. The molecule has 7 heterocycles. The molecular formula is C100H145N7O24. The summed E-state index contributed by atoms with van der Waals surface area (Å²) >= 11 is 0. The molecule has 3 saturated heterocycles. The van der Waals surface area contributed by atoms with Crippen molar-refractivity contribution >= 4 is 62.9 Å². The number of allylic oxidation sites excluding steroid dienone is 5. The summed E-state index contributed by atoms with van der Waals surface area (Å²) in [5, 5.41) is 36.8. The van der Waals surface area contributed by atoms with E-state index in [1.54, 1.807) is 63.4 Å². The van der Waals surface area contributed by atoms with E-state index in [-0.39, 0.29) is 73.3 Å². The van der Waals surface area contributed by atoms with E-state index in [2.05, 4.69) is 41.1 Å². The summed E-state index contributed by atoms with van der Waals surface area (Å²) in [6, 6.07) is 15.1. The maximum atomic E-state index is 14.8. The highest BCUT2D eigenvalue weighted by molar-refractivity contribution is 6.39. The number of carbonyl (C=O) groups is 6. The van der Waals surface area contributed by atoms with Crippen LogP contribution in [-0.2, 0) is 102 Å². The van der Waals surface area contributed by atoms with E-state index in [9.17, 15) is 48.9 Å². The quantitative estimate of drug-likeness (QED) is 0.0143. The molecule has 2 aromatic carbocycles. The zero-order chi connectivity index (χ0) is 94.1. The topological polar surface area (TPSA) is 355 Å². The first kappa shape index (κ1) is 105. The summed E-state index contributed by atoms with van der Waals surface area (Å²) in [7, 11) is 6.32. The number of aliphatic hydroxyl groups excluding tert-OH is 2. The minimum atomic E-state index is -2.47. The third kappa shape index (κ3) is 30.1. The van der Waals surface area contributed by atoms with Crippen LogP contribution in [0.25, 0.3) is 38.8 Å². The largest absolute Gasteiger partial charge is 0.460 e. The highest BCUT2D eigenvalue weighted by Crippen LogP contribution is 2.40. The molecule has 31 heteroatoms. The Morgan fingerprint density at radius 3 is 1.90 bits per heavy atom. The number of Topliss-reactive ketones (excluding diaryl/α,β-unsaturated/α-hetero) is 2. The summed E-state index contributed by atoms with van der Waals surface area (Å²) in [6.45, 7) is 25.6. The first-order valence-corrected chi connectivity index (χ1v) is 47.2. The van der Waals surface area contributed by atoms with Crippen LogP contribution in [0.2, 0.25) is 0 Å². The number of hydrogen-bond acceptors (Lipinski definition) is 27. The molecule has 3 N–H and O–H groups in total. The van der Waals surface area contributed by atoms with Crippen LogP contribution in [0.4, 0.5) is 5.69 Å². The van der Waals surface area contributed by atoms with Crippen molar-refractivity contribution in [1.82, 2.24) is 28.9 Å².